The minimum atomic E-state index is -0.625. The normalized spacial score (nSPS) is 31.9. The van der Waals surface area contributed by atoms with E-state index >= 15 is 0 Å². The van der Waals surface area contributed by atoms with Crippen molar-refractivity contribution in [1.29, 1.82) is 0 Å². The van der Waals surface area contributed by atoms with Crippen LogP contribution in [0.3, 0.4) is 0 Å². The molecule has 2 aliphatic rings. The first-order valence-corrected chi connectivity index (χ1v) is 5.25. The van der Waals surface area contributed by atoms with Crippen LogP contribution in [-0.4, -0.2) is 31.1 Å². The fourth-order valence-corrected chi connectivity index (χ4v) is 2.10. The largest absolute Gasteiger partial charge is 0.466 e. The van der Waals surface area contributed by atoms with Crippen LogP contribution in [0.5, 0.6) is 0 Å². The van der Waals surface area contributed by atoms with E-state index in [0.717, 1.165) is 5.57 Å². The molecule has 4 nitrogen and oxygen atoms in total. The Labute approximate surface area is 94.9 Å². The summed E-state index contributed by atoms with van der Waals surface area (Å²) in [5, 5.41) is 0. The van der Waals surface area contributed by atoms with Crippen molar-refractivity contribution in [2.45, 2.75) is 38.3 Å². The smallest absolute Gasteiger partial charge is 0.333 e. The third-order valence-electron chi connectivity index (χ3n) is 2.76. The number of fused-ring (bicyclic) bond motifs is 1. The molecule has 2 rings (SSSR count). The Morgan fingerprint density at radius 2 is 2.25 bits per heavy atom. The maximum absolute atomic E-state index is 11.4. The van der Waals surface area contributed by atoms with Crippen LogP contribution in [-0.2, 0) is 19.0 Å². The van der Waals surface area contributed by atoms with Crippen molar-refractivity contribution in [3.63, 3.8) is 0 Å². The maximum atomic E-state index is 11.4. The molecule has 0 spiro atoms. The lowest BCUT2D eigenvalue weighted by molar-refractivity contribution is -0.140. The average Bonchev–Trinajstić information content (AvgIpc) is 2.52. The van der Waals surface area contributed by atoms with Crippen LogP contribution in [0.25, 0.3) is 0 Å². The lowest BCUT2D eigenvalue weighted by Gasteiger charge is -2.23. The van der Waals surface area contributed by atoms with E-state index in [-0.39, 0.29) is 18.2 Å². The van der Waals surface area contributed by atoms with Crippen LogP contribution in [0.1, 0.15) is 20.3 Å². The summed E-state index contributed by atoms with van der Waals surface area (Å²) >= 11 is 0. The molecule has 0 aromatic carbocycles. The third-order valence-corrected chi connectivity index (χ3v) is 2.76. The van der Waals surface area contributed by atoms with Crippen LogP contribution >= 0.6 is 0 Å². The van der Waals surface area contributed by atoms with Crippen LogP contribution in [0, 0.1) is 0 Å². The highest BCUT2D eigenvalue weighted by Crippen LogP contribution is 2.38. The van der Waals surface area contributed by atoms with E-state index < -0.39 is 5.79 Å². The van der Waals surface area contributed by atoms with E-state index in [1.807, 2.05) is 13.8 Å². The van der Waals surface area contributed by atoms with Crippen molar-refractivity contribution >= 4 is 5.97 Å². The van der Waals surface area contributed by atoms with Gasteiger partial charge in [0.05, 0.1) is 7.11 Å². The first kappa shape index (κ1) is 11.4. The number of carbonyl (C=O) groups is 1. The van der Waals surface area contributed by atoms with Gasteiger partial charge in [-0.1, -0.05) is 6.58 Å². The highest BCUT2D eigenvalue weighted by atomic mass is 16.7. The van der Waals surface area contributed by atoms with E-state index in [1.165, 1.54) is 7.11 Å². The molecule has 0 radical (unpaired) electrons. The second-order valence-electron chi connectivity index (χ2n) is 4.54. The number of esters is 1. The first-order valence-electron chi connectivity index (χ1n) is 5.25. The Hall–Kier alpha value is -1.13. The number of rotatable bonds is 1. The van der Waals surface area contributed by atoms with Crippen LogP contribution in [0.15, 0.2) is 23.8 Å². The molecule has 0 aromatic heterocycles. The van der Waals surface area contributed by atoms with Crippen LogP contribution in [0.4, 0.5) is 0 Å². The number of ether oxygens (including phenoxy) is 3. The molecule has 1 aliphatic carbocycles. The predicted octanol–water partition coefficient (Wildman–Crippen LogP) is 1.57. The zero-order chi connectivity index (χ0) is 11.9. The Balaban J connectivity index is 2.24. The SMILES string of the molecule is C=C1CC(C(=O)OC)=C[C@H]2OC(C)(C)O[C@@H]12. The van der Waals surface area contributed by atoms with Gasteiger partial charge >= 0.3 is 5.97 Å². The van der Waals surface area contributed by atoms with E-state index in [1.54, 1.807) is 6.08 Å². The lowest BCUT2D eigenvalue weighted by atomic mass is 9.91. The second kappa shape index (κ2) is 3.71. The van der Waals surface area contributed by atoms with Crippen LogP contribution < -0.4 is 0 Å². The fourth-order valence-electron chi connectivity index (χ4n) is 2.10. The van der Waals surface area contributed by atoms with Gasteiger partial charge in [0, 0.05) is 12.0 Å². The van der Waals surface area contributed by atoms with Gasteiger partial charge in [-0.05, 0) is 25.5 Å². The summed E-state index contributed by atoms with van der Waals surface area (Å²) in [6, 6.07) is 0. The number of hydrogen-bond acceptors (Lipinski definition) is 4. The van der Waals surface area contributed by atoms with Gasteiger partial charge < -0.3 is 14.2 Å². The van der Waals surface area contributed by atoms with Crippen molar-refractivity contribution in [2.75, 3.05) is 7.11 Å². The molecular weight excluding hydrogens is 208 g/mol. The molecule has 1 saturated heterocycles. The molecule has 0 N–H and O–H groups in total. The molecule has 16 heavy (non-hydrogen) atoms. The summed E-state index contributed by atoms with van der Waals surface area (Å²) in [5.74, 6) is -0.951. The molecule has 0 amide bonds. The molecule has 4 heteroatoms. The first-order chi connectivity index (χ1) is 7.43. The molecule has 1 aliphatic heterocycles. The van der Waals surface area contributed by atoms with Gasteiger partial charge in [0.15, 0.2) is 5.79 Å². The van der Waals surface area contributed by atoms with Gasteiger partial charge in [0.25, 0.3) is 0 Å². The summed E-state index contributed by atoms with van der Waals surface area (Å²) in [4.78, 5) is 11.4. The minimum Gasteiger partial charge on any atom is -0.466 e. The zero-order valence-corrected chi connectivity index (χ0v) is 9.78. The third kappa shape index (κ3) is 1.90. The highest BCUT2D eigenvalue weighted by Gasteiger charge is 2.44. The van der Waals surface area contributed by atoms with Gasteiger partial charge in [-0.2, -0.15) is 0 Å². The molecule has 0 bridgehead atoms. The summed E-state index contributed by atoms with van der Waals surface area (Å²) in [6.07, 6.45) is 1.89. The average molecular weight is 224 g/mol. The van der Waals surface area contributed by atoms with Crippen molar-refractivity contribution in [3.05, 3.63) is 23.8 Å². The van der Waals surface area contributed by atoms with Crippen molar-refractivity contribution < 1.29 is 19.0 Å². The Kier molecular flexibility index (Phi) is 2.64. The monoisotopic (exact) mass is 224 g/mol. The maximum Gasteiger partial charge on any atom is 0.333 e. The molecule has 0 unspecified atom stereocenters. The number of carbonyl (C=O) groups excluding carboxylic acids is 1. The molecule has 0 saturated carbocycles. The molecule has 2 atom stereocenters. The molecule has 0 aromatic rings. The molecule has 1 fully saturated rings. The minimum absolute atomic E-state index is 0.150. The van der Waals surface area contributed by atoms with Gasteiger partial charge in [0.2, 0.25) is 0 Å². The second-order valence-corrected chi connectivity index (χ2v) is 4.54. The number of methoxy groups -OCH3 is 1. The fraction of sp³-hybridized carbons (Fsp3) is 0.583. The van der Waals surface area contributed by atoms with E-state index in [2.05, 4.69) is 6.58 Å². The predicted molar refractivity (Wildman–Crippen MR) is 57.7 cm³/mol. The zero-order valence-electron chi connectivity index (χ0n) is 9.78. The van der Waals surface area contributed by atoms with Gasteiger partial charge in [-0.25, -0.2) is 4.79 Å². The van der Waals surface area contributed by atoms with Crippen molar-refractivity contribution in [2.24, 2.45) is 0 Å². The van der Waals surface area contributed by atoms with Crippen LogP contribution in [0.2, 0.25) is 0 Å². The summed E-state index contributed by atoms with van der Waals surface area (Å²) < 4.78 is 16.1. The summed E-state index contributed by atoms with van der Waals surface area (Å²) in [7, 11) is 1.37. The molecule has 1 heterocycles. The molecule has 88 valence electrons. The Bertz CT molecular complexity index is 367. The molecular formula is C12H16O4. The van der Waals surface area contributed by atoms with Gasteiger partial charge in [0.1, 0.15) is 12.2 Å². The van der Waals surface area contributed by atoms with E-state index in [0.29, 0.717) is 12.0 Å². The topological polar surface area (TPSA) is 44.8 Å². The Morgan fingerprint density at radius 3 is 2.88 bits per heavy atom. The van der Waals surface area contributed by atoms with Gasteiger partial charge in [-0.3, -0.25) is 0 Å². The standard InChI is InChI=1S/C12H16O4/c1-7-5-8(11(13)14-4)6-9-10(7)16-12(2,3)15-9/h6,9-10H,1,5H2,2-4H3/t9-,10+/m1/s1. The highest BCUT2D eigenvalue weighted by molar-refractivity contribution is 5.89. The summed E-state index contributed by atoms with van der Waals surface area (Å²) in [5.41, 5.74) is 1.45. The van der Waals surface area contributed by atoms with Crippen molar-refractivity contribution in [1.82, 2.24) is 0 Å². The summed E-state index contributed by atoms with van der Waals surface area (Å²) in [6.45, 7) is 7.64. The van der Waals surface area contributed by atoms with Gasteiger partial charge in [-0.15, -0.1) is 0 Å². The lowest BCUT2D eigenvalue weighted by Crippen LogP contribution is -2.28. The Morgan fingerprint density at radius 1 is 1.56 bits per heavy atom. The van der Waals surface area contributed by atoms with Crippen molar-refractivity contribution in [3.8, 4) is 0 Å². The number of hydrogen-bond donors (Lipinski definition) is 0. The van der Waals surface area contributed by atoms with E-state index in [9.17, 15) is 4.79 Å². The quantitative estimate of drug-likeness (QED) is 0.501. The van der Waals surface area contributed by atoms with E-state index in [4.69, 9.17) is 14.2 Å².